The number of ether oxygens (including phenoxy) is 1. The minimum absolute atomic E-state index is 0.0141. The zero-order valence-electron chi connectivity index (χ0n) is 24.9. The van der Waals surface area contributed by atoms with Gasteiger partial charge < -0.3 is 9.84 Å². The molecule has 2 aliphatic carbocycles. The Hall–Kier alpha value is -0.0800. The second kappa shape index (κ2) is 12.2. The molecule has 1 atom stereocenters. The Labute approximate surface area is 209 Å². The highest BCUT2D eigenvalue weighted by Gasteiger charge is 2.56. The Kier molecular flexibility index (Phi) is 11.5. The van der Waals surface area contributed by atoms with Gasteiger partial charge in [-0.1, -0.05) is 96.4 Å². The molecule has 33 heavy (non-hydrogen) atoms. The highest BCUT2D eigenvalue weighted by atomic mass is 16.5. The first-order valence-corrected chi connectivity index (χ1v) is 14.4. The number of hydrogen-bond acceptors (Lipinski definition) is 2. The van der Waals surface area contributed by atoms with Crippen LogP contribution < -0.4 is 0 Å². The lowest BCUT2D eigenvalue weighted by atomic mass is 9.55. The molecule has 2 nitrogen and oxygen atoms in total. The highest BCUT2D eigenvalue weighted by molar-refractivity contribution is 5.05. The Morgan fingerprint density at radius 1 is 0.667 bits per heavy atom. The fraction of sp³-hybridized carbons (Fsp3) is 1.00. The quantitative estimate of drug-likeness (QED) is 0.406. The molecule has 198 valence electrons. The third kappa shape index (κ3) is 6.58. The smallest absolute Gasteiger partial charge is 0.0551 e. The lowest BCUT2D eigenvalue weighted by molar-refractivity contribution is -0.0916. The van der Waals surface area contributed by atoms with Gasteiger partial charge in [0.2, 0.25) is 0 Å². The average molecular weight is 467 g/mol. The van der Waals surface area contributed by atoms with Crippen molar-refractivity contribution in [2.45, 2.75) is 128 Å². The molecule has 0 amide bonds. The van der Waals surface area contributed by atoms with E-state index in [9.17, 15) is 5.11 Å². The molecule has 0 aromatic carbocycles. The first-order chi connectivity index (χ1) is 15.1. The summed E-state index contributed by atoms with van der Waals surface area (Å²) in [6, 6.07) is 0. The van der Waals surface area contributed by atoms with E-state index in [2.05, 4.69) is 90.0 Å². The minimum Gasteiger partial charge on any atom is -0.393 e. The maximum absolute atomic E-state index is 9.28. The van der Waals surface area contributed by atoms with Crippen LogP contribution in [0.5, 0.6) is 0 Å². The Morgan fingerprint density at radius 2 is 1.09 bits per heavy atom. The van der Waals surface area contributed by atoms with Crippen molar-refractivity contribution in [3.05, 3.63) is 0 Å². The van der Waals surface area contributed by atoms with Crippen molar-refractivity contribution < 1.29 is 9.84 Å². The molecule has 3 fully saturated rings. The van der Waals surface area contributed by atoms with Gasteiger partial charge in [0.05, 0.1) is 12.7 Å². The second-order valence-corrected chi connectivity index (χ2v) is 13.7. The summed E-state index contributed by atoms with van der Waals surface area (Å²) in [7, 11) is 0. The van der Waals surface area contributed by atoms with Crippen LogP contribution in [0.1, 0.15) is 122 Å². The summed E-state index contributed by atoms with van der Waals surface area (Å²) < 4.78 is 5.48. The van der Waals surface area contributed by atoms with E-state index in [1.54, 1.807) is 0 Å². The maximum Gasteiger partial charge on any atom is 0.0551 e. The van der Waals surface area contributed by atoms with E-state index < -0.39 is 0 Å². The summed E-state index contributed by atoms with van der Waals surface area (Å²) >= 11 is 0. The number of aliphatic hydroxyl groups excluding tert-OH is 1. The molecule has 0 aromatic heterocycles. The summed E-state index contributed by atoms with van der Waals surface area (Å²) in [4.78, 5) is 0. The highest BCUT2D eigenvalue weighted by Crippen LogP contribution is 2.63. The van der Waals surface area contributed by atoms with E-state index in [4.69, 9.17) is 4.74 Å². The molecule has 1 N–H and O–H groups in total. The van der Waals surface area contributed by atoms with Gasteiger partial charge in [0.15, 0.2) is 0 Å². The standard InChI is InChI=1S/C11H22.2C10H20O/c1-6-10-7-11(10,8(2)3)9(4)5;1-7(2)10(8(3)4)5-9(11)6-10;1-8(2)10(9(3)4)5-6-11-7-10/h8-10H,6-7H2,1-5H3;7-9,11H,5-6H2,1-4H3;8-9H,5-7H2,1-4H3. The molecule has 1 aliphatic heterocycles. The molecule has 2 saturated carbocycles. The monoisotopic (exact) mass is 466 g/mol. The molecule has 3 rings (SSSR count). The molecule has 0 aromatic rings. The lowest BCUT2D eigenvalue weighted by Crippen LogP contribution is -2.48. The van der Waals surface area contributed by atoms with Gasteiger partial charge in [0.1, 0.15) is 0 Å². The van der Waals surface area contributed by atoms with E-state index in [0.717, 1.165) is 61.1 Å². The first-order valence-electron chi connectivity index (χ1n) is 14.4. The number of rotatable bonds is 7. The van der Waals surface area contributed by atoms with Gasteiger partial charge in [0.25, 0.3) is 0 Å². The molecule has 0 radical (unpaired) electrons. The predicted molar refractivity (Wildman–Crippen MR) is 145 cm³/mol. The van der Waals surface area contributed by atoms with Crippen molar-refractivity contribution in [3.8, 4) is 0 Å². The van der Waals surface area contributed by atoms with Crippen LogP contribution in [0.2, 0.25) is 0 Å². The topological polar surface area (TPSA) is 29.5 Å². The van der Waals surface area contributed by atoms with Crippen LogP contribution in [-0.2, 0) is 4.74 Å². The van der Waals surface area contributed by atoms with Crippen LogP contribution >= 0.6 is 0 Å². The van der Waals surface area contributed by atoms with Gasteiger partial charge in [-0.25, -0.2) is 0 Å². The molecular weight excluding hydrogens is 404 g/mol. The molecule has 0 bridgehead atoms. The second-order valence-electron chi connectivity index (χ2n) is 13.7. The van der Waals surface area contributed by atoms with E-state index in [0.29, 0.717) is 22.7 Å². The van der Waals surface area contributed by atoms with Crippen molar-refractivity contribution in [2.24, 2.45) is 57.7 Å². The predicted octanol–water partition coefficient (Wildman–Crippen LogP) is 8.86. The molecule has 2 heteroatoms. The normalized spacial score (nSPS) is 25.3. The summed E-state index contributed by atoms with van der Waals surface area (Å²) in [5.41, 5.74) is 1.63. The van der Waals surface area contributed by atoms with E-state index in [-0.39, 0.29) is 6.10 Å². The minimum atomic E-state index is -0.0141. The van der Waals surface area contributed by atoms with Crippen molar-refractivity contribution in [3.63, 3.8) is 0 Å². The van der Waals surface area contributed by atoms with E-state index in [1.807, 2.05) is 0 Å². The van der Waals surface area contributed by atoms with Gasteiger partial charge in [-0.05, 0) is 77.9 Å². The van der Waals surface area contributed by atoms with E-state index in [1.165, 1.54) is 19.3 Å². The molecular formula is C31H62O2. The maximum atomic E-state index is 9.28. The third-order valence-electron chi connectivity index (χ3n) is 10.8. The van der Waals surface area contributed by atoms with Crippen molar-refractivity contribution in [1.29, 1.82) is 0 Å². The molecule has 1 heterocycles. The van der Waals surface area contributed by atoms with Gasteiger partial charge in [0, 0.05) is 12.0 Å². The Morgan fingerprint density at radius 3 is 1.21 bits per heavy atom. The largest absolute Gasteiger partial charge is 0.393 e. The van der Waals surface area contributed by atoms with Crippen LogP contribution in [0.4, 0.5) is 0 Å². The third-order valence-corrected chi connectivity index (χ3v) is 10.8. The van der Waals surface area contributed by atoms with Crippen LogP contribution in [0.25, 0.3) is 0 Å². The Balaban J connectivity index is 0.000000247. The average Bonchev–Trinajstić information content (AvgIpc) is 3.23. The summed E-state index contributed by atoms with van der Waals surface area (Å²) in [6.45, 7) is 32.1. The van der Waals surface area contributed by atoms with Crippen LogP contribution in [-0.4, -0.2) is 24.4 Å². The van der Waals surface area contributed by atoms with Crippen molar-refractivity contribution in [1.82, 2.24) is 0 Å². The first kappa shape index (κ1) is 31.0. The van der Waals surface area contributed by atoms with Crippen molar-refractivity contribution >= 4 is 0 Å². The van der Waals surface area contributed by atoms with Crippen LogP contribution in [0.15, 0.2) is 0 Å². The van der Waals surface area contributed by atoms with Gasteiger partial charge in [-0.15, -0.1) is 0 Å². The summed E-state index contributed by atoms with van der Waals surface area (Å²) in [6.07, 6.45) is 6.14. The van der Waals surface area contributed by atoms with Gasteiger partial charge in [-0.2, -0.15) is 0 Å². The summed E-state index contributed by atoms with van der Waals surface area (Å²) in [5, 5.41) is 9.28. The zero-order valence-corrected chi connectivity index (χ0v) is 24.9. The van der Waals surface area contributed by atoms with E-state index >= 15 is 0 Å². The molecule has 1 saturated heterocycles. The fourth-order valence-electron chi connectivity index (χ4n) is 7.57. The molecule has 0 spiro atoms. The van der Waals surface area contributed by atoms with Gasteiger partial charge in [-0.3, -0.25) is 0 Å². The fourth-order valence-corrected chi connectivity index (χ4v) is 7.57. The number of hydrogen-bond donors (Lipinski definition) is 1. The molecule has 3 aliphatic rings. The molecule has 1 unspecified atom stereocenters. The van der Waals surface area contributed by atoms with Gasteiger partial charge >= 0.3 is 0 Å². The van der Waals surface area contributed by atoms with Crippen LogP contribution in [0, 0.1) is 57.7 Å². The SMILES string of the molecule is CC(C)C1(C(C)C)CC(O)C1.CC(C)C1(C(C)C)CCOC1.CCC1CC1(C(C)C)C(C)C. The lowest BCUT2D eigenvalue weighted by Gasteiger charge is -2.52. The van der Waals surface area contributed by atoms with Crippen LogP contribution in [0.3, 0.4) is 0 Å². The summed E-state index contributed by atoms with van der Waals surface area (Å²) in [5.74, 6) is 5.73. The zero-order chi connectivity index (χ0) is 25.8. The van der Waals surface area contributed by atoms with Crippen molar-refractivity contribution in [2.75, 3.05) is 13.2 Å². The number of aliphatic hydroxyl groups is 1. The Bertz CT molecular complexity index is 503.